The number of carbonyl (C=O) groups excluding carboxylic acids is 2. The molecule has 0 amide bonds. The van der Waals surface area contributed by atoms with Gasteiger partial charge in [0.2, 0.25) is 0 Å². The van der Waals surface area contributed by atoms with Crippen LogP contribution in [0.15, 0.2) is 48.5 Å². The standard InChI is InChI=1S/C18H18Cl2O4Te/c1-23-15-7-3-13(4-8-15)17(21)11-25(19,20)12-18(22)14-5-9-16(24-2)10-6-14/h3-10H,11-12H2,1-2H3. The average Bonchev–Trinajstić information content (AvgIpc) is 2.61. The first-order chi connectivity index (χ1) is 11.8. The molecule has 0 saturated carbocycles. The normalized spacial score (nSPS) is 11.7. The second-order valence-corrected chi connectivity index (χ2v) is 19.9. The Kier molecular flexibility index (Phi) is 7.15. The molecule has 0 fully saturated rings. The molecule has 0 saturated heterocycles. The topological polar surface area (TPSA) is 52.6 Å². The van der Waals surface area contributed by atoms with Crippen molar-refractivity contribution in [3.8, 4) is 11.5 Å². The van der Waals surface area contributed by atoms with Crippen molar-refractivity contribution in [2.75, 3.05) is 14.2 Å². The molecule has 2 aromatic rings. The Labute approximate surface area is 158 Å². The molecule has 25 heavy (non-hydrogen) atoms. The number of halogens is 2. The molecule has 2 aromatic carbocycles. The molecular formula is C18H18Cl2O4Te. The van der Waals surface area contributed by atoms with E-state index >= 15 is 0 Å². The number of ketones is 2. The molecule has 0 spiro atoms. The van der Waals surface area contributed by atoms with Crippen LogP contribution in [0.2, 0.25) is 8.94 Å². The number of hydrogen-bond acceptors (Lipinski definition) is 4. The van der Waals surface area contributed by atoms with Crippen molar-refractivity contribution >= 4 is 45.4 Å². The van der Waals surface area contributed by atoms with E-state index in [4.69, 9.17) is 27.4 Å². The Hall–Kier alpha value is -1.25. The Bertz CT molecular complexity index is 679. The van der Waals surface area contributed by atoms with Gasteiger partial charge < -0.3 is 0 Å². The van der Waals surface area contributed by atoms with Gasteiger partial charge in [0.15, 0.2) is 0 Å². The number of rotatable bonds is 8. The first-order valence-electron chi connectivity index (χ1n) is 7.37. The Morgan fingerprint density at radius 2 is 1.08 bits per heavy atom. The molecule has 0 aliphatic rings. The number of hydrogen-bond donors (Lipinski definition) is 0. The van der Waals surface area contributed by atoms with Crippen LogP contribution in [0.25, 0.3) is 0 Å². The van der Waals surface area contributed by atoms with E-state index in [2.05, 4.69) is 0 Å². The number of ether oxygens (including phenoxy) is 2. The summed E-state index contributed by atoms with van der Waals surface area (Å²) in [6.45, 7) is 0. The van der Waals surface area contributed by atoms with Gasteiger partial charge in [-0.1, -0.05) is 0 Å². The van der Waals surface area contributed by atoms with Gasteiger partial charge in [0.25, 0.3) is 0 Å². The van der Waals surface area contributed by atoms with E-state index in [0.717, 1.165) is 0 Å². The molecule has 0 N–H and O–H groups in total. The van der Waals surface area contributed by atoms with Crippen LogP contribution in [-0.4, -0.2) is 41.7 Å². The maximum absolute atomic E-state index is 12.4. The van der Waals surface area contributed by atoms with E-state index in [1.54, 1.807) is 62.8 Å². The minimum atomic E-state index is -3.64. The first kappa shape index (κ1) is 20.1. The molecule has 0 unspecified atom stereocenters. The fraction of sp³-hybridized carbons (Fsp3) is 0.222. The third-order valence-electron chi connectivity index (χ3n) is 3.51. The molecule has 7 heteroatoms. The van der Waals surface area contributed by atoms with E-state index in [1.807, 2.05) is 0 Å². The molecule has 0 heterocycles. The van der Waals surface area contributed by atoms with Gasteiger partial charge in [0.05, 0.1) is 0 Å². The van der Waals surface area contributed by atoms with Gasteiger partial charge >= 0.3 is 159 Å². The summed E-state index contributed by atoms with van der Waals surface area (Å²) in [6, 6.07) is 13.5. The summed E-state index contributed by atoms with van der Waals surface area (Å²) < 4.78 is 10.2. The van der Waals surface area contributed by atoms with Crippen molar-refractivity contribution in [3.63, 3.8) is 0 Å². The SMILES string of the molecule is COc1ccc(C(=O)C[Te](Cl)(Cl)CC(=O)c2ccc(OC)cc2)cc1. The molecule has 0 aromatic heterocycles. The molecule has 0 atom stereocenters. The second-order valence-electron chi connectivity index (χ2n) is 5.29. The summed E-state index contributed by atoms with van der Waals surface area (Å²) in [6.07, 6.45) is 0. The zero-order valence-corrected chi connectivity index (χ0v) is 17.7. The first-order valence-corrected chi connectivity index (χ1v) is 16.6. The van der Waals surface area contributed by atoms with E-state index in [-0.39, 0.29) is 20.5 Å². The summed E-state index contributed by atoms with van der Waals surface area (Å²) in [5.41, 5.74) is 1.02. The van der Waals surface area contributed by atoms with Crippen LogP contribution >= 0.6 is 17.9 Å². The molecule has 0 radical (unpaired) electrons. The van der Waals surface area contributed by atoms with Crippen molar-refractivity contribution in [2.24, 2.45) is 0 Å². The van der Waals surface area contributed by atoms with Crippen LogP contribution in [0, 0.1) is 0 Å². The summed E-state index contributed by atoms with van der Waals surface area (Å²) in [7, 11) is 15.9. The number of Topliss-reactive ketones (excluding diaryl/α,β-unsaturated/α-hetero) is 2. The Morgan fingerprint density at radius 3 is 1.36 bits per heavy atom. The van der Waals surface area contributed by atoms with E-state index in [9.17, 15) is 9.59 Å². The van der Waals surface area contributed by atoms with Crippen molar-refractivity contribution in [3.05, 3.63) is 59.7 Å². The molecule has 134 valence electrons. The second kappa shape index (κ2) is 8.91. The van der Waals surface area contributed by atoms with Gasteiger partial charge in [0.1, 0.15) is 0 Å². The number of carbonyl (C=O) groups is 2. The van der Waals surface area contributed by atoms with Crippen LogP contribution in [0.3, 0.4) is 0 Å². The average molecular weight is 497 g/mol. The van der Waals surface area contributed by atoms with Gasteiger partial charge in [-0.3, -0.25) is 0 Å². The fourth-order valence-electron chi connectivity index (χ4n) is 2.16. The third-order valence-corrected chi connectivity index (χ3v) is 10.3. The Balaban J connectivity index is 2.01. The van der Waals surface area contributed by atoms with Gasteiger partial charge in [-0.2, -0.15) is 0 Å². The molecule has 0 aliphatic heterocycles. The van der Waals surface area contributed by atoms with Crippen LogP contribution in [0.1, 0.15) is 20.7 Å². The number of benzene rings is 2. The van der Waals surface area contributed by atoms with Gasteiger partial charge in [-0.05, 0) is 0 Å². The van der Waals surface area contributed by atoms with E-state index < -0.39 is 15.9 Å². The predicted octanol–water partition coefficient (Wildman–Crippen LogP) is 4.69. The summed E-state index contributed by atoms with van der Waals surface area (Å²) in [5, 5.41) is 0. The number of methoxy groups -OCH3 is 2. The zero-order valence-electron chi connectivity index (χ0n) is 13.8. The van der Waals surface area contributed by atoms with Crippen LogP contribution in [0.4, 0.5) is 0 Å². The van der Waals surface area contributed by atoms with Crippen molar-refractivity contribution < 1.29 is 19.1 Å². The van der Waals surface area contributed by atoms with Crippen LogP contribution < -0.4 is 9.47 Å². The molecule has 2 rings (SSSR count). The molecule has 4 nitrogen and oxygen atoms in total. The fourth-order valence-corrected chi connectivity index (χ4v) is 8.25. The minimum absolute atomic E-state index is 0.0276. The third kappa shape index (κ3) is 5.90. The van der Waals surface area contributed by atoms with Gasteiger partial charge in [0, 0.05) is 0 Å². The van der Waals surface area contributed by atoms with E-state index in [0.29, 0.717) is 22.6 Å². The summed E-state index contributed by atoms with van der Waals surface area (Å²) >= 11 is -3.64. The van der Waals surface area contributed by atoms with Crippen molar-refractivity contribution in [2.45, 2.75) is 8.94 Å². The van der Waals surface area contributed by atoms with Crippen LogP contribution in [0.5, 0.6) is 11.5 Å². The van der Waals surface area contributed by atoms with Crippen molar-refractivity contribution in [1.82, 2.24) is 0 Å². The van der Waals surface area contributed by atoms with Crippen molar-refractivity contribution in [1.29, 1.82) is 0 Å². The summed E-state index contributed by atoms with van der Waals surface area (Å²) in [5.74, 6) is 1.01. The molecule has 0 bridgehead atoms. The predicted molar refractivity (Wildman–Crippen MR) is 102 cm³/mol. The van der Waals surface area contributed by atoms with Gasteiger partial charge in [-0.25, -0.2) is 0 Å². The monoisotopic (exact) mass is 498 g/mol. The Morgan fingerprint density at radius 1 is 0.760 bits per heavy atom. The molecular weight excluding hydrogens is 479 g/mol. The van der Waals surface area contributed by atoms with E-state index in [1.165, 1.54) is 0 Å². The van der Waals surface area contributed by atoms with Gasteiger partial charge in [-0.15, -0.1) is 0 Å². The summed E-state index contributed by atoms with van der Waals surface area (Å²) in [4.78, 5) is 24.7. The molecule has 0 aliphatic carbocycles. The van der Waals surface area contributed by atoms with Crippen LogP contribution in [-0.2, 0) is 0 Å². The zero-order chi connectivity index (χ0) is 18.4. The maximum atomic E-state index is 12.4. The quantitative estimate of drug-likeness (QED) is 0.393.